The van der Waals surface area contributed by atoms with Gasteiger partial charge in [0, 0.05) is 25.3 Å². The van der Waals surface area contributed by atoms with E-state index in [1.165, 1.54) is 0 Å². The van der Waals surface area contributed by atoms with Crippen molar-refractivity contribution in [1.82, 2.24) is 15.0 Å². The molecule has 0 radical (unpaired) electrons. The number of rotatable bonds is 7. The van der Waals surface area contributed by atoms with Gasteiger partial charge in [0.15, 0.2) is 5.82 Å². The average Bonchev–Trinajstić information content (AvgIpc) is 3.08. The minimum absolute atomic E-state index is 0.0314. The second kappa shape index (κ2) is 7.92. The number of hydrogen-bond acceptors (Lipinski definition) is 7. The van der Waals surface area contributed by atoms with Gasteiger partial charge >= 0.3 is 0 Å². The Bertz CT molecular complexity index is 667. The van der Waals surface area contributed by atoms with E-state index in [-0.39, 0.29) is 13.2 Å². The van der Waals surface area contributed by atoms with Crippen molar-refractivity contribution in [2.45, 2.75) is 13.3 Å². The van der Waals surface area contributed by atoms with Crippen molar-refractivity contribution in [3.05, 3.63) is 36.3 Å². The molecule has 1 aliphatic heterocycles. The quantitative estimate of drug-likeness (QED) is 0.796. The molecule has 2 aromatic heterocycles. The molecule has 7 nitrogen and oxygen atoms in total. The Morgan fingerprint density at radius 1 is 1.33 bits per heavy atom. The van der Waals surface area contributed by atoms with Crippen molar-refractivity contribution in [2.24, 2.45) is 5.92 Å². The van der Waals surface area contributed by atoms with Gasteiger partial charge in [0.2, 0.25) is 5.88 Å². The fourth-order valence-electron chi connectivity index (χ4n) is 2.81. The van der Waals surface area contributed by atoms with Crippen molar-refractivity contribution in [3.8, 4) is 5.88 Å². The van der Waals surface area contributed by atoms with Crippen LogP contribution in [-0.2, 0) is 0 Å². The minimum Gasteiger partial charge on any atom is -0.474 e. The topological polar surface area (TPSA) is 83.4 Å². The number of ether oxygens (including phenoxy) is 1. The van der Waals surface area contributed by atoms with Crippen LogP contribution in [0.5, 0.6) is 5.88 Å². The zero-order valence-electron chi connectivity index (χ0n) is 13.9. The van der Waals surface area contributed by atoms with Gasteiger partial charge in [-0.2, -0.15) is 4.98 Å². The fourth-order valence-corrected chi connectivity index (χ4v) is 2.81. The van der Waals surface area contributed by atoms with Crippen LogP contribution >= 0.6 is 0 Å². The molecule has 3 heterocycles. The standard InChI is InChI=1S/C17H23N5O2/c1-13-3-2-4-15(20-13)19-9-14-5-6-22(12-14)16-10-18-11-17(21-16)24-8-7-23/h2-4,10-11,14,23H,5-9,12H2,1H3,(H,19,20). The highest BCUT2D eigenvalue weighted by molar-refractivity contribution is 5.40. The average molecular weight is 329 g/mol. The second-order valence-corrected chi connectivity index (χ2v) is 5.93. The van der Waals surface area contributed by atoms with Crippen LogP contribution < -0.4 is 15.0 Å². The molecule has 0 spiro atoms. The molecule has 1 aliphatic rings. The molecule has 7 heteroatoms. The monoisotopic (exact) mass is 329 g/mol. The molecular weight excluding hydrogens is 306 g/mol. The van der Waals surface area contributed by atoms with E-state index < -0.39 is 0 Å². The molecule has 3 rings (SSSR count). The van der Waals surface area contributed by atoms with Crippen LogP contribution in [0.2, 0.25) is 0 Å². The summed E-state index contributed by atoms with van der Waals surface area (Å²) in [6, 6.07) is 6.00. The Morgan fingerprint density at radius 3 is 3.08 bits per heavy atom. The van der Waals surface area contributed by atoms with Crippen LogP contribution in [0.4, 0.5) is 11.6 Å². The first-order chi connectivity index (χ1) is 11.7. The van der Waals surface area contributed by atoms with Gasteiger partial charge in [0.05, 0.1) is 19.0 Å². The molecule has 2 aromatic rings. The zero-order valence-corrected chi connectivity index (χ0v) is 13.9. The Labute approximate surface area is 141 Å². The maximum atomic E-state index is 8.82. The first kappa shape index (κ1) is 16.4. The van der Waals surface area contributed by atoms with E-state index in [0.29, 0.717) is 11.8 Å². The summed E-state index contributed by atoms with van der Waals surface area (Å²) in [5.41, 5.74) is 1.02. The van der Waals surface area contributed by atoms with Gasteiger partial charge in [0.1, 0.15) is 12.4 Å². The van der Waals surface area contributed by atoms with Crippen LogP contribution in [0.1, 0.15) is 12.1 Å². The maximum Gasteiger partial charge on any atom is 0.234 e. The van der Waals surface area contributed by atoms with Crippen molar-refractivity contribution < 1.29 is 9.84 Å². The molecule has 1 saturated heterocycles. The normalized spacial score (nSPS) is 17.1. The van der Waals surface area contributed by atoms with Crippen LogP contribution in [0.15, 0.2) is 30.6 Å². The highest BCUT2D eigenvalue weighted by atomic mass is 16.5. The van der Waals surface area contributed by atoms with Gasteiger partial charge < -0.3 is 20.1 Å². The third-order valence-electron chi connectivity index (χ3n) is 4.01. The number of aromatic nitrogens is 3. The van der Waals surface area contributed by atoms with E-state index in [2.05, 4.69) is 25.2 Å². The van der Waals surface area contributed by atoms with Gasteiger partial charge in [-0.25, -0.2) is 4.98 Å². The number of nitrogens with zero attached hydrogens (tertiary/aromatic N) is 4. The molecule has 1 atom stereocenters. The van der Waals surface area contributed by atoms with Crippen molar-refractivity contribution >= 4 is 11.6 Å². The summed E-state index contributed by atoms with van der Waals surface area (Å²) >= 11 is 0. The number of hydrogen-bond donors (Lipinski definition) is 2. The number of pyridine rings is 1. The first-order valence-electron chi connectivity index (χ1n) is 8.23. The van der Waals surface area contributed by atoms with Gasteiger partial charge in [-0.05, 0) is 31.4 Å². The molecule has 0 amide bonds. The third-order valence-corrected chi connectivity index (χ3v) is 4.01. The summed E-state index contributed by atoms with van der Waals surface area (Å²) in [6.45, 7) is 4.96. The van der Waals surface area contributed by atoms with Gasteiger partial charge in [0.25, 0.3) is 0 Å². The van der Waals surface area contributed by atoms with E-state index in [4.69, 9.17) is 9.84 Å². The van der Waals surface area contributed by atoms with Gasteiger partial charge in [-0.3, -0.25) is 4.98 Å². The first-order valence-corrected chi connectivity index (χ1v) is 8.23. The lowest BCUT2D eigenvalue weighted by atomic mass is 10.1. The lowest BCUT2D eigenvalue weighted by Crippen LogP contribution is -2.23. The molecule has 1 fully saturated rings. The van der Waals surface area contributed by atoms with Crippen LogP contribution in [-0.4, -0.2) is 52.9 Å². The molecule has 2 N–H and O–H groups in total. The lowest BCUT2D eigenvalue weighted by molar-refractivity contribution is 0.196. The largest absolute Gasteiger partial charge is 0.474 e. The number of anilines is 2. The summed E-state index contributed by atoms with van der Waals surface area (Å²) in [7, 11) is 0. The van der Waals surface area contributed by atoms with E-state index in [1.54, 1.807) is 12.4 Å². The summed E-state index contributed by atoms with van der Waals surface area (Å²) in [4.78, 5) is 15.3. The smallest absolute Gasteiger partial charge is 0.234 e. The number of nitrogens with one attached hydrogen (secondary N) is 1. The summed E-state index contributed by atoms with van der Waals surface area (Å²) in [5.74, 6) is 2.73. The Morgan fingerprint density at radius 2 is 2.25 bits per heavy atom. The van der Waals surface area contributed by atoms with Crippen molar-refractivity contribution in [3.63, 3.8) is 0 Å². The Balaban J connectivity index is 1.53. The predicted molar refractivity (Wildman–Crippen MR) is 92.4 cm³/mol. The maximum absolute atomic E-state index is 8.82. The van der Waals surface area contributed by atoms with E-state index >= 15 is 0 Å². The van der Waals surface area contributed by atoms with Crippen LogP contribution in [0.3, 0.4) is 0 Å². The molecule has 0 bridgehead atoms. The third kappa shape index (κ3) is 4.32. The summed E-state index contributed by atoms with van der Waals surface area (Å²) in [6.07, 6.45) is 4.42. The minimum atomic E-state index is -0.0314. The molecule has 24 heavy (non-hydrogen) atoms. The zero-order chi connectivity index (χ0) is 16.8. The molecular formula is C17H23N5O2. The van der Waals surface area contributed by atoms with Crippen LogP contribution in [0, 0.1) is 12.8 Å². The highest BCUT2D eigenvalue weighted by Crippen LogP contribution is 2.23. The molecule has 0 aromatic carbocycles. The van der Waals surface area contributed by atoms with Crippen LogP contribution in [0.25, 0.3) is 0 Å². The molecule has 1 unspecified atom stereocenters. The lowest BCUT2D eigenvalue weighted by Gasteiger charge is -2.18. The van der Waals surface area contributed by atoms with Crippen molar-refractivity contribution in [2.75, 3.05) is 43.1 Å². The summed E-state index contributed by atoms with van der Waals surface area (Å²) in [5, 5.41) is 12.2. The predicted octanol–water partition coefficient (Wildman–Crippen LogP) is 1.49. The number of aryl methyl sites for hydroxylation is 1. The van der Waals surface area contributed by atoms with E-state index in [9.17, 15) is 0 Å². The number of aliphatic hydroxyl groups excluding tert-OH is 1. The number of aliphatic hydroxyl groups is 1. The Hall–Kier alpha value is -2.41. The van der Waals surface area contributed by atoms with E-state index in [0.717, 1.165) is 43.4 Å². The second-order valence-electron chi connectivity index (χ2n) is 5.93. The Kier molecular flexibility index (Phi) is 5.43. The van der Waals surface area contributed by atoms with E-state index in [1.807, 2.05) is 25.1 Å². The molecule has 128 valence electrons. The summed E-state index contributed by atoms with van der Waals surface area (Å²) < 4.78 is 5.33. The molecule has 0 saturated carbocycles. The fraction of sp³-hybridized carbons (Fsp3) is 0.471. The van der Waals surface area contributed by atoms with Gasteiger partial charge in [-0.15, -0.1) is 0 Å². The van der Waals surface area contributed by atoms with Crippen molar-refractivity contribution in [1.29, 1.82) is 0 Å². The van der Waals surface area contributed by atoms with Gasteiger partial charge in [-0.1, -0.05) is 6.07 Å². The highest BCUT2D eigenvalue weighted by Gasteiger charge is 2.24. The molecule has 0 aliphatic carbocycles. The SMILES string of the molecule is Cc1cccc(NCC2CCN(c3cncc(OCCO)n3)C2)n1.